The van der Waals surface area contributed by atoms with Crippen LogP contribution in [0.5, 0.6) is 5.75 Å². The van der Waals surface area contributed by atoms with Crippen LogP contribution in [0.3, 0.4) is 0 Å². The fourth-order valence-electron chi connectivity index (χ4n) is 2.74. The van der Waals surface area contributed by atoms with Crippen LogP contribution >= 0.6 is 63.4 Å². The summed E-state index contributed by atoms with van der Waals surface area (Å²) in [6.07, 6.45) is 8.79. The highest BCUT2D eigenvalue weighted by Gasteiger charge is 2.18. The van der Waals surface area contributed by atoms with E-state index in [4.69, 9.17) is 39.1 Å². The molecule has 2 aromatic heterocycles. The highest BCUT2D eigenvalue weighted by molar-refractivity contribution is 14.2. The van der Waals surface area contributed by atoms with Crippen molar-refractivity contribution in [2.75, 3.05) is 23.3 Å². The number of nitrogen functional groups attached to an aromatic ring is 1. The van der Waals surface area contributed by atoms with E-state index in [0.29, 0.717) is 50.4 Å². The van der Waals surface area contributed by atoms with Crippen LogP contribution in [0.4, 0.5) is 11.5 Å². The quantitative estimate of drug-likeness (QED) is 0.146. The molecular formula is C21H23Cl2IN5OPS. The third-order valence-electron chi connectivity index (χ3n) is 4.13. The molecule has 0 saturated carbocycles. The Morgan fingerprint density at radius 1 is 1.19 bits per heavy atom. The van der Waals surface area contributed by atoms with Crippen molar-refractivity contribution in [3.63, 3.8) is 0 Å². The molecule has 2 heterocycles. The summed E-state index contributed by atoms with van der Waals surface area (Å²) >= 11 is 16.5. The third-order valence-corrected chi connectivity index (χ3v) is 5.90. The molecule has 0 spiro atoms. The second kappa shape index (κ2) is 13.4. The standard InChI is InChI=1S/C19H17Cl2IN5OP.C2H6S/c1-10(18-14(20)8-25-9-15(18)21)28-12-3-4-16(27-29-22)13(6-12)19(24)11-2-5-17(23)26-7-11;1-3-2/h2-10,24,27,29H,1H3,(H2,23,26);1-2H3/t10-;/m1./s1. The van der Waals surface area contributed by atoms with Gasteiger partial charge in [0.25, 0.3) is 0 Å². The Balaban J connectivity index is 0.00000114. The van der Waals surface area contributed by atoms with Gasteiger partial charge >= 0.3 is 0 Å². The summed E-state index contributed by atoms with van der Waals surface area (Å²) in [5.74, 6) is 0.998. The maximum atomic E-state index is 8.65. The number of pyridine rings is 2. The molecule has 4 N–H and O–H groups in total. The van der Waals surface area contributed by atoms with E-state index in [9.17, 15) is 0 Å². The number of halogens is 3. The number of anilines is 2. The molecule has 1 aromatic carbocycles. The smallest absolute Gasteiger partial charge is 0.124 e. The summed E-state index contributed by atoms with van der Waals surface area (Å²) in [6.45, 7) is 1.86. The van der Waals surface area contributed by atoms with Crippen LogP contribution in [0.25, 0.3) is 0 Å². The molecule has 32 heavy (non-hydrogen) atoms. The highest BCUT2D eigenvalue weighted by Crippen LogP contribution is 2.35. The summed E-state index contributed by atoms with van der Waals surface area (Å²) in [5, 5.41) is 12.8. The molecular weight excluding hydrogens is 599 g/mol. The van der Waals surface area contributed by atoms with Gasteiger partial charge in [0.1, 0.15) is 17.7 Å². The Labute approximate surface area is 217 Å². The zero-order valence-corrected chi connectivity index (χ0v) is 23.1. The number of aromatic nitrogens is 2. The number of hydrogen-bond acceptors (Lipinski definition) is 7. The average Bonchev–Trinajstić information content (AvgIpc) is 2.75. The number of nitrogens with one attached hydrogen (secondary N) is 2. The van der Waals surface area contributed by atoms with Crippen LogP contribution in [-0.4, -0.2) is 28.2 Å². The van der Waals surface area contributed by atoms with E-state index in [2.05, 4.69) is 37.1 Å². The van der Waals surface area contributed by atoms with Crippen molar-refractivity contribution < 1.29 is 4.74 Å². The first-order valence-corrected chi connectivity index (χ1v) is 15.7. The Bertz CT molecular complexity index is 1040. The number of thioether (sulfide) groups is 1. The number of rotatable bonds is 7. The maximum Gasteiger partial charge on any atom is 0.124 e. The minimum Gasteiger partial charge on any atom is -0.486 e. The molecule has 0 aliphatic rings. The van der Waals surface area contributed by atoms with Gasteiger partial charge in [-0.1, -0.05) is 23.2 Å². The van der Waals surface area contributed by atoms with E-state index in [1.165, 1.54) is 12.4 Å². The van der Waals surface area contributed by atoms with E-state index < -0.39 is 6.10 Å². The van der Waals surface area contributed by atoms with E-state index in [1.807, 2.05) is 37.6 Å². The Morgan fingerprint density at radius 2 is 1.84 bits per heavy atom. The summed E-state index contributed by atoms with van der Waals surface area (Å²) < 4.78 is 6.08. The molecule has 0 aliphatic carbocycles. The zero-order valence-electron chi connectivity index (χ0n) is 17.6. The molecule has 3 aromatic rings. The minimum absolute atomic E-state index is 0.313. The summed E-state index contributed by atoms with van der Waals surface area (Å²) in [6, 6.07) is 8.99. The van der Waals surface area contributed by atoms with Crippen molar-refractivity contribution >= 4 is 80.6 Å². The van der Waals surface area contributed by atoms with Gasteiger partial charge in [0, 0.05) is 47.3 Å². The van der Waals surface area contributed by atoms with Gasteiger partial charge in [-0.25, -0.2) is 4.98 Å². The first-order valence-electron chi connectivity index (χ1n) is 9.24. The van der Waals surface area contributed by atoms with Gasteiger partial charge in [-0.05, 0) is 71.8 Å². The van der Waals surface area contributed by atoms with Crippen LogP contribution in [0.1, 0.15) is 29.7 Å². The first-order chi connectivity index (χ1) is 15.3. The normalized spacial score (nSPS) is 11.6. The number of nitrogens with two attached hydrogens (primary N) is 1. The molecule has 0 bridgehead atoms. The molecule has 0 saturated heterocycles. The van der Waals surface area contributed by atoms with Gasteiger partial charge in [-0.2, -0.15) is 11.8 Å². The van der Waals surface area contributed by atoms with E-state index in [0.717, 1.165) is 5.69 Å². The van der Waals surface area contributed by atoms with Crippen molar-refractivity contribution in [3.05, 3.63) is 75.7 Å². The number of ether oxygens (including phenoxy) is 1. The lowest BCUT2D eigenvalue weighted by Crippen LogP contribution is -2.08. The second-order valence-corrected chi connectivity index (χ2v) is 10.1. The lowest BCUT2D eigenvalue weighted by atomic mass is 10.0. The molecule has 0 aliphatic heterocycles. The van der Waals surface area contributed by atoms with Gasteiger partial charge in [0.05, 0.1) is 15.8 Å². The first kappa shape index (κ1) is 26.9. The average molecular weight is 622 g/mol. The van der Waals surface area contributed by atoms with Crippen LogP contribution < -0.4 is 15.6 Å². The third kappa shape index (κ3) is 7.35. The summed E-state index contributed by atoms with van der Waals surface area (Å²) in [7, 11) is 0. The largest absolute Gasteiger partial charge is 0.486 e. The van der Waals surface area contributed by atoms with Gasteiger partial charge in [0.2, 0.25) is 0 Å². The Morgan fingerprint density at radius 3 is 2.41 bits per heavy atom. The summed E-state index contributed by atoms with van der Waals surface area (Å²) in [5.41, 5.74) is 8.82. The zero-order chi connectivity index (χ0) is 23.7. The lowest BCUT2D eigenvalue weighted by molar-refractivity contribution is 0.227. The second-order valence-electron chi connectivity index (χ2n) is 6.46. The Hall–Kier alpha value is -1.32. The molecule has 0 fully saturated rings. The van der Waals surface area contributed by atoms with Crippen molar-refractivity contribution in [3.8, 4) is 5.75 Å². The van der Waals surface area contributed by atoms with Gasteiger partial charge in [0.15, 0.2) is 0 Å². The number of hydrogen-bond donors (Lipinski definition) is 3. The fraction of sp³-hybridized carbons (Fsp3) is 0.190. The molecule has 0 radical (unpaired) electrons. The maximum absolute atomic E-state index is 8.65. The molecule has 0 amide bonds. The number of benzene rings is 1. The minimum atomic E-state index is -0.400. The van der Waals surface area contributed by atoms with Crippen LogP contribution in [0.2, 0.25) is 10.0 Å². The van der Waals surface area contributed by atoms with Crippen molar-refractivity contribution in [1.29, 1.82) is 5.41 Å². The van der Waals surface area contributed by atoms with Crippen molar-refractivity contribution in [1.82, 2.24) is 9.97 Å². The lowest BCUT2D eigenvalue weighted by Gasteiger charge is -2.19. The predicted octanol–water partition coefficient (Wildman–Crippen LogP) is 7.26. The molecule has 6 nitrogen and oxygen atoms in total. The van der Waals surface area contributed by atoms with Crippen molar-refractivity contribution in [2.24, 2.45) is 0 Å². The topological polar surface area (TPSA) is 96.9 Å². The van der Waals surface area contributed by atoms with Crippen LogP contribution in [0, 0.1) is 5.41 Å². The molecule has 11 heteroatoms. The molecule has 3 rings (SSSR count). The molecule has 170 valence electrons. The Kier molecular flexibility index (Phi) is 11.3. The molecule has 2 atom stereocenters. The number of nitrogens with zero attached hydrogens (tertiary/aromatic N) is 2. The van der Waals surface area contributed by atoms with Gasteiger partial charge in [-0.3, -0.25) is 10.4 Å². The van der Waals surface area contributed by atoms with Crippen LogP contribution in [0.15, 0.2) is 48.9 Å². The highest BCUT2D eigenvalue weighted by atomic mass is 127. The van der Waals surface area contributed by atoms with Crippen LogP contribution in [-0.2, 0) is 0 Å². The van der Waals surface area contributed by atoms with E-state index in [-0.39, 0.29) is 0 Å². The monoisotopic (exact) mass is 621 g/mol. The van der Waals surface area contributed by atoms with Crippen molar-refractivity contribution in [2.45, 2.75) is 13.0 Å². The fourth-order valence-corrected chi connectivity index (χ4v) is 4.61. The SMILES string of the molecule is CSC.C[C@@H](Oc1ccc(NPI)c(C(=N)c2ccc(N)nc2)c1)c1c(Cl)cncc1Cl. The van der Waals surface area contributed by atoms with E-state index >= 15 is 0 Å². The molecule has 1 unspecified atom stereocenters. The van der Waals surface area contributed by atoms with Gasteiger partial charge < -0.3 is 15.6 Å². The van der Waals surface area contributed by atoms with E-state index in [1.54, 1.807) is 30.1 Å². The van der Waals surface area contributed by atoms with Gasteiger partial charge in [-0.15, -0.1) is 0 Å². The summed E-state index contributed by atoms with van der Waals surface area (Å²) in [4.78, 5) is 8.05. The predicted molar refractivity (Wildman–Crippen MR) is 150 cm³/mol.